The lowest BCUT2D eigenvalue weighted by atomic mass is 10.1. The summed E-state index contributed by atoms with van der Waals surface area (Å²) < 4.78 is 13.4. The Kier molecular flexibility index (Phi) is 5.47. The van der Waals surface area contributed by atoms with Gasteiger partial charge in [0.05, 0.1) is 12.1 Å². The molecule has 2 aromatic carbocycles. The quantitative estimate of drug-likeness (QED) is 0.743. The van der Waals surface area contributed by atoms with Gasteiger partial charge in [-0.3, -0.25) is 0 Å². The molecule has 4 nitrogen and oxygen atoms in total. The third kappa shape index (κ3) is 4.42. The smallest absolute Gasteiger partial charge is 0.315 e. The first-order chi connectivity index (χ1) is 11.9. The summed E-state index contributed by atoms with van der Waals surface area (Å²) in [6, 6.07) is 8.72. The van der Waals surface area contributed by atoms with Crippen molar-refractivity contribution >= 4 is 29.2 Å². The van der Waals surface area contributed by atoms with Crippen LogP contribution in [-0.2, 0) is 6.42 Å². The zero-order valence-corrected chi connectivity index (χ0v) is 14.7. The molecule has 1 aliphatic rings. The van der Waals surface area contributed by atoms with E-state index in [0.717, 1.165) is 24.0 Å². The minimum absolute atomic E-state index is 0.00519. The first kappa shape index (κ1) is 18.0. The van der Waals surface area contributed by atoms with Crippen molar-refractivity contribution in [1.82, 2.24) is 10.6 Å². The lowest BCUT2D eigenvalue weighted by Gasteiger charge is -2.17. The summed E-state index contributed by atoms with van der Waals surface area (Å²) in [5.74, 6) is -0.318. The van der Waals surface area contributed by atoms with Crippen LogP contribution in [0.3, 0.4) is 0 Å². The highest BCUT2D eigenvalue weighted by Gasteiger charge is 2.24. The second-order valence-electron chi connectivity index (χ2n) is 6.01. The summed E-state index contributed by atoms with van der Waals surface area (Å²) in [7, 11) is 0. The Morgan fingerprint density at radius 2 is 1.96 bits per heavy atom. The highest BCUT2D eigenvalue weighted by Crippen LogP contribution is 2.31. The molecule has 2 aromatic rings. The number of urea groups is 1. The highest BCUT2D eigenvalue weighted by atomic mass is 35.5. The van der Waals surface area contributed by atoms with Crippen molar-refractivity contribution in [3.63, 3.8) is 0 Å². The molecule has 2 unspecified atom stereocenters. The second-order valence-corrected chi connectivity index (χ2v) is 6.88. The van der Waals surface area contributed by atoms with Gasteiger partial charge in [-0.05, 0) is 59.9 Å². The van der Waals surface area contributed by atoms with Crippen molar-refractivity contribution in [2.75, 3.05) is 6.54 Å². The third-order valence-electron chi connectivity index (χ3n) is 4.22. The van der Waals surface area contributed by atoms with E-state index in [0.29, 0.717) is 15.6 Å². The molecule has 0 saturated heterocycles. The van der Waals surface area contributed by atoms with Crippen molar-refractivity contribution in [2.24, 2.45) is 0 Å². The van der Waals surface area contributed by atoms with Gasteiger partial charge in [-0.2, -0.15) is 0 Å². The molecule has 0 heterocycles. The fourth-order valence-corrected chi connectivity index (χ4v) is 3.55. The summed E-state index contributed by atoms with van der Waals surface area (Å²) >= 11 is 11.8. The molecule has 1 aliphatic carbocycles. The molecule has 0 bridgehead atoms. The monoisotopic (exact) mass is 382 g/mol. The number of rotatable bonds is 4. The van der Waals surface area contributed by atoms with Gasteiger partial charge in [0.15, 0.2) is 0 Å². The van der Waals surface area contributed by atoms with Crippen LogP contribution in [0.4, 0.5) is 9.18 Å². The Labute approximate surface area is 154 Å². The first-order valence-corrected chi connectivity index (χ1v) is 8.64. The molecule has 0 aromatic heterocycles. The average Bonchev–Trinajstić information content (AvgIpc) is 2.94. The maximum absolute atomic E-state index is 13.4. The van der Waals surface area contributed by atoms with Crippen LogP contribution in [-0.4, -0.2) is 17.7 Å². The topological polar surface area (TPSA) is 61.4 Å². The number of halogens is 3. The van der Waals surface area contributed by atoms with Crippen molar-refractivity contribution in [2.45, 2.75) is 25.0 Å². The number of aliphatic hydroxyl groups is 1. The molecule has 0 radical (unpaired) electrons. The molecule has 132 valence electrons. The van der Waals surface area contributed by atoms with Gasteiger partial charge >= 0.3 is 6.03 Å². The standard InChI is InChI=1S/C18H17Cl2FN2O2/c19-12-5-11(6-13(20)7-12)17(24)9-22-18(25)23-16-4-2-10-1-3-14(21)8-15(10)16/h1,3,5-8,16-17,24H,2,4,9H2,(H2,22,23,25). The lowest BCUT2D eigenvalue weighted by Crippen LogP contribution is -2.39. The molecule has 3 N–H and O–H groups in total. The largest absolute Gasteiger partial charge is 0.387 e. The molecule has 0 aliphatic heterocycles. The number of amides is 2. The molecular weight excluding hydrogens is 366 g/mol. The Morgan fingerprint density at radius 3 is 2.68 bits per heavy atom. The van der Waals surface area contributed by atoms with Gasteiger partial charge in [0, 0.05) is 16.6 Å². The predicted molar refractivity (Wildman–Crippen MR) is 95.4 cm³/mol. The van der Waals surface area contributed by atoms with Crippen molar-refractivity contribution in [1.29, 1.82) is 0 Å². The predicted octanol–water partition coefficient (Wildman–Crippen LogP) is 4.15. The molecule has 25 heavy (non-hydrogen) atoms. The van der Waals surface area contributed by atoms with E-state index in [1.54, 1.807) is 24.3 Å². The number of nitrogens with one attached hydrogen (secondary N) is 2. The van der Waals surface area contributed by atoms with Gasteiger partial charge in [0.2, 0.25) is 0 Å². The number of aliphatic hydroxyl groups excluding tert-OH is 1. The van der Waals surface area contributed by atoms with Crippen LogP contribution in [0, 0.1) is 5.82 Å². The number of aryl methyl sites for hydroxylation is 1. The van der Waals surface area contributed by atoms with Crippen LogP contribution in [0.5, 0.6) is 0 Å². The number of benzene rings is 2. The van der Waals surface area contributed by atoms with Gasteiger partial charge in [0.25, 0.3) is 0 Å². The fraction of sp³-hybridized carbons (Fsp3) is 0.278. The van der Waals surface area contributed by atoms with Gasteiger partial charge in [-0.1, -0.05) is 29.3 Å². The third-order valence-corrected chi connectivity index (χ3v) is 4.65. The minimum Gasteiger partial charge on any atom is -0.387 e. The SMILES string of the molecule is O=C(NCC(O)c1cc(Cl)cc(Cl)c1)NC1CCc2ccc(F)cc21. The maximum atomic E-state index is 13.4. The van der Waals surface area contributed by atoms with Crippen LogP contribution in [0.25, 0.3) is 0 Å². The number of carbonyl (C=O) groups is 1. The number of hydrogen-bond acceptors (Lipinski definition) is 2. The van der Waals surface area contributed by atoms with Crippen molar-refractivity contribution in [3.8, 4) is 0 Å². The van der Waals surface area contributed by atoms with Crippen LogP contribution in [0.2, 0.25) is 10.0 Å². The van der Waals surface area contributed by atoms with Gasteiger partial charge in [-0.25, -0.2) is 9.18 Å². The van der Waals surface area contributed by atoms with Gasteiger partial charge in [-0.15, -0.1) is 0 Å². The Hall–Kier alpha value is -1.82. The fourth-order valence-electron chi connectivity index (χ4n) is 3.01. The Balaban J connectivity index is 1.56. The van der Waals surface area contributed by atoms with E-state index in [4.69, 9.17) is 23.2 Å². The summed E-state index contributed by atoms with van der Waals surface area (Å²) in [6.45, 7) is 0.00519. The van der Waals surface area contributed by atoms with E-state index < -0.39 is 12.1 Å². The number of carbonyl (C=O) groups excluding carboxylic acids is 1. The Bertz CT molecular complexity index is 780. The van der Waals surface area contributed by atoms with E-state index in [9.17, 15) is 14.3 Å². The normalized spacial score (nSPS) is 17.0. The summed E-state index contributed by atoms with van der Waals surface area (Å²) in [4.78, 5) is 12.1. The molecule has 3 rings (SSSR count). The van der Waals surface area contributed by atoms with Gasteiger partial charge in [0.1, 0.15) is 5.82 Å². The van der Waals surface area contributed by atoms with Gasteiger partial charge < -0.3 is 15.7 Å². The second kappa shape index (κ2) is 7.60. The zero-order valence-electron chi connectivity index (χ0n) is 13.2. The van der Waals surface area contributed by atoms with Crippen LogP contribution >= 0.6 is 23.2 Å². The molecule has 0 fully saturated rings. The van der Waals surface area contributed by atoms with Crippen LogP contribution in [0.1, 0.15) is 35.3 Å². The molecule has 2 amide bonds. The average molecular weight is 383 g/mol. The molecule has 7 heteroatoms. The molecule has 0 saturated carbocycles. The summed E-state index contributed by atoms with van der Waals surface area (Å²) in [6.07, 6.45) is 0.582. The minimum atomic E-state index is -0.935. The lowest BCUT2D eigenvalue weighted by molar-refractivity contribution is 0.172. The molecule has 2 atom stereocenters. The highest BCUT2D eigenvalue weighted by molar-refractivity contribution is 6.34. The van der Waals surface area contributed by atoms with E-state index >= 15 is 0 Å². The van der Waals surface area contributed by atoms with E-state index in [1.165, 1.54) is 12.1 Å². The molecular formula is C18H17Cl2FN2O2. The molecule has 0 spiro atoms. The van der Waals surface area contributed by atoms with Crippen molar-refractivity contribution in [3.05, 3.63) is 69.0 Å². The van der Waals surface area contributed by atoms with Crippen LogP contribution in [0.15, 0.2) is 36.4 Å². The van der Waals surface area contributed by atoms with E-state index in [-0.39, 0.29) is 18.4 Å². The Morgan fingerprint density at radius 1 is 1.24 bits per heavy atom. The summed E-state index contributed by atoms with van der Waals surface area (Å²) in [5.41, 5.74) is 2.36. The van der Waals surface area contributed by atoms with E-state index in [1.807, 2.05) is 0 Å². The first-order valence-electron chi connectivity index (χ1n) is 7.89. The number of fused-ring (bicyclic) bond motifs is 1. The van der Waals surface area contributed by atoms with Crippen LogP contribution < -0.4 is 10.6 Å². The van der Waals surface area contributed by atoms with E-state index in [2.05, 4.69) is 10.6 Å². The zero-order chi connectivity index (χ0) is 18.0. The maximum Gasteiger partial charge on any atom is 0.315 e. The van der Waals surface area contributed by atoms with Crippen molar-refractivity contribution < 1.29 is 14.3 Å². The summed E-state index contributed by atoms with van der Waals surface area (Å²) in [5, 5.41) is 16.4. The number of hydrogen-bond donors (Lipinski definition) is 3.